The molecule has 0 unspecified atom stereocenters. The monoisotopic (exact) mass is 325 g/mol. The zero-order valence-corrected chi connectivity index (χ0v) is 13.8. The lowest BCUT2D eigenvalue weighted by Gasteiger charge is -2.31. The van der Waals surface area contributed by atoms with E-state index in [1.165, 1.54) is 5.56 Å². The Morgan fingerprint density at radius 2 is 1.42 bits per heavy atom. The Labute approximate surface area is 143 Å². The summed E-state index contributed by atoms with van der Waals surface area (Å²) in [4.78, 5) is 13.9. The topological polar surface area (TPSA) is 38.8 Å². The van der Waals surface area contributed by atoms with Crippen molar-refractivity contribution in [2.45, 2.75) is 32.2 Å². The molecule has 1 saturated heterocycles. The molecule has 0 spiro atoms. The van der Waals surface area contributed by atoms with Gasteiger partial charge in [-0.1, -0.05) is 60.7 Å². The van der Waals surface area contributed by atoms with Crippen LogP contribution >= 0.6 is 0 Å². The molecule has 24 heavy (non-hydrogen) atoms. The maximum Gasteiger partial charge on any atom is 0.410 e. The van der Waals surface area contributed by atoms with Crippen molar-refractivity contribution in [1.29, 1.82) is 0 Å². The van der Waals surface area contributed by atoms with Crippen molar-refractivity contribution in [1.82, 2.24) is 4.90 Å². The molecule has 0 N–H and O–H groups in total. The Morgan fingerprint density at radius 1 is 0.875 bits per heavy atom. The van der Waals surface area contributed by atoms with Gasteiger partial charge in [-0.3, -0.25) is 0 Å². The third-order valence-electron chi connectivity index (χ3n) is 4.23. The van der Waals surface area contributed by atoms with E-state index in [0.717, 1.165) is 18.4 Å². The van der Waals surface area contributed by atoms with Crippen molar-refractivity contribution >= 4 is 6.09 Å². The van der Waals surface area contributed by atoms with Gasteiger partial charge >= 0.3 is 6.09 Å². The lowest BCUT2D eigenvalue weighted by atomic mass is 10.1. The molecular weight excluding hydrogens is 302 g/mol. The lowest BCUT2D eigenvalue weighted by Crippen LogP contribution is -2.41. The summed E-state index contributed by atoms with van der Waals surface area (Å²) in [5, 5.41) is 0. The van der Waals surface area contributed by atoms with Crippen LogP contribution < -0.4 is 0 Å². The van der Waals surface area contributed by atoms with E-state index in [1.807, 2.05) is 48.5 Å². The van der Waals surface area contributed by atoms with E-state index in [1.54, 1.807) is 4.90 Å². The number of ether oxygens (including phenoxy) is 2. The SMILES string of the molecule is O=C(OCc1ccccc1)N1CCC(OCc2ccccc2)CC1. The number of nitrogens with zero attached hydrogens (tertiary/aromatic N) is 1. The van der Waals surface area contributed by atoms with Crippen molar-refractivity contribution in [2.75, 3.05) is 13.1 Å². The Hall–Kier alpha value is -2.33. The summed E-state index contributed by atoms with van der Waals surface area (Å²) in [6.45, 7) is 2.33. The number of hydrogen-bond acceptors (Lipinski definition) is 3. The molecule has 1 aliphatic rings. The molecule has 1 amide bonds. The summed E-state index contributed by atoms with van der Waals surface area (Å²) in [6, 6.07) is 19.9. The smallest absolute Gasteiger partial charge is 0.410 e. The van der Waals surface area contributed by atoms with Crippen molar-refractivity contribution in [3.05, 3.63) is 71.8 Å². The highest BCUT2D eigenvalue weighted by atomic mass is 16.6. The second-order valence-electron chi connectivity index (χ2n) is 6.02. The molecule has 0 bridgehead atoms. The first-order valence-corrected chi connectivity index (χ1v) is 8.42. The van der Waals surface area contributed by atoms with Gasteiger partial charge in [-0.05, 0) is 24.0 Å². The summed E-state index contributed by atoms with van der Waals surface area (Å²) < 4.78 is 11.3. The number of carbonyl (C=O) groups excluding carboxylic acids is 1. The van der Waals surface area contributed by atoms with Crippen LogP contribution in [-0.4, -0.2) is 30.2 Å². The minimum absolute atomic E-state index is 0.211. The van der Waals surface area contributed by atoms with Gasteiger partial charge < -0.3 is 14.4 Å². The van der Waals surface area contributed by atoms with Gasteiger partial charge in [-0.15, -0.1) is 0 Å². The molecule has 2 aromatic rings. The van der Waals surface area contributed by atoms with E-state index in [0.29, 0.717) is 26.3 Å². The Kier molecular flexibility index (Phi) is 5.85. The Bertz CT molecular complexity index is 622. The van der Waals surface area contributed by atoms with E-state index in [9.17, 15) is 4.79 Å². The summed E-state index contributed by atoms with van der Waals surface area (Å²) in [6.07, 6.45) is 1.68. The van der Waals surface area contributed by atoms with Crippen LogP contribution in [-0.2, 0) is 22.7 Å². The maximum atomic E-state index is 12.1. The van der Waals surface area contributed by atoms with Crippen LogP contribution in [0, 0.1) is 0 Å². The Morgan fingerprint density at radius 3 is 2.00 bits per heavy atom. The van der Waals surface area contributed by atoms with Crippen LogP contribution in [0.3, 0.4) is 0 Å². The van der Waals surface area contributed by atoms with Crippen molar-refractivity contribution in [3.63, 3.8) is 0 Å². The van der Waals surface area contributed by atoms with E-state index < -0.39 is 0 Å². The minimum atomic E-state index is -0.236. The van der Waals surface area contributed by atoms with Gasteiger partial charge in [0.15, 0.2) is 0 Å². The molecule has 0 saturated carbocycles. The second-order valence-corrected chi connectivity index (χ2v) is 6.02. The first-order chi connectivity index (χ1) is 11.8. The third-order valence-corrected chi connectivity index (χ3v) is 4.23. The fraction of sp³-hybridized carbons (Fsp3) is 0.350. The fourth-order valence-corrected chi connectivity index (χ4v) is 2.80. The highest BCUT2D eigenvalue weighted by Gasteiger charge is 2.24. The lowest BCUT2D eigenvalue weighted by molar-refractivity contribution is -0.00396. The van der Waals surface area contributed by atoms with Crippen molar-refractivity contribution in [2.24, 2.45) is 0 Å². The molecule has 4 nitrogen and oxygen atoms in total. The van der Waals surface area contributed by atoms with Gasteiger partial charge in [-0.25, -0.2) is 4.79 Å². The predicted molar refractivity (Wildman–Crippen MR) is 92.5 cm³/mol. The molecule has 1 aliphatic heterocycles. The average molecular weight is 325 g/mol. The summed E-state index contributed by atoms with van der Waals surface area (Å²) in [5.74, 6) is 0. The van der Waals surface area contributed by atoms with E-state index in [2.05, 4.69) is 12.1 Å². The largest absolute Gasteiger partial charge is 0.445 e. The van der Waals surface area contributed by atoms with E-state index >= 15 is 0 Å². The van der Waals surface area contributed by atoms with Gasteiger partial charge in [0.25, 0.3) is 0 Å². The van der Waals surface area contributed by atoms with Gasteiger partial charge in [-0.2, -0.15) is 0 Å². The van der Waals surface area contributed by atoms with Gasteiger partial charge in [0, 0.05) is 13.1 Å². The van der Waals surface area contributed by atoms with Crippen molar-refractivity contribution in [3.8, 4) is 0 Å². The van der Waals surface area contributed by atoms with Gasteiger partial charge in [0.1, 0.15) is 6.61 Å². The third kappa shape index (κ3) is 4.83. The molecule has 0 aromatic heterocycles. The summed E-state index contributed by atoms with van der Waals surface area (Å²) in [5.41, 5.74) is 2.19. The highest BCUT2D eigenvalue weighted by Crippen LogP contribution is 2.17. The number of hydrogen-bond donors (Lipinski definition) is 0. The standard InChI is InChI=1S/C20H23NO3/c22-20(24-16-18-9-5-2-6-10-18)21-13-11-19(12-14-21)23-15-17-7-3-1-4-8-17/h1-10,19H,11-16H2. The molecule has 0 aliphatic carbocycles. The minimum Gasteiger partial charge on any atom is -0.445 e. The first-order valence-electron chi connectivity index (χ1n) is 8.42. The van der Waals surface area contributed by atoms with Crippen LogP contribution in [0.1, 0.15) is 24.0 Å². The quantitative estimate of drug-likeness (QED) is 0.834. The normalized spacial score (nSPS) is 15.2. The molecule has 4 heteroatoms. The number of carbonyl (C=O) groups is 1. The Balaban J connectivity index is 1.37. The van der Waals surface area contributed by atoms with Gasteiger partial charge in [0.2, 0.25) is 0 Å². The number of likely N-dealkylation sites (tertiary alicyclic amines) is 1. The zero-order valence-electron chi connectivity index (χ0n) is 13.8. The maximum absolute atomic E-state index is 12.1. The predicted octanol–water partition coefficient (Wildman–Crippen LogP) is 4.00. The second kappa shape index (κ2) is 8.50. The highest BCUT2D eigenvalue weighted by molar-refractivity contribution is 5.67. The van der Waals surface area contributed by atoms with E-state index in [4.69, 9.17) is 9.47 Å². The molecule has 126 valence electrons. The van der Waals surface area contributed by atoms with Crippen molar-refractivity contribution < 1.29 is 14.3 Å². The van der Waals surface area contributed by atoms with Crippen LogP contribution in [0.4, 0.5) is 4.79 Å². The van der Waals surface area contributed by atoms with Crippen LogP contribution in [0.15, 0.2) is 60.7 Å². The summed E-state index contributed by atoms with van der Waals surface area (Å²) in [7, 11) is 0. The zero-order chi connectivity index (χ0) is 16.6. The van der Waals surface area contributed by atoms with Crippen LogP contribution in [0.25, 0.3) is 0 Å². The molecule has 0 radical (unpaired) electrons. The molecule has 1 fully saturated rings. The number of amides is 1. The first kappa shape index (κ1) is 16.5. The average Bonchev–Trinajstić information content (AvgIpc) is 2.66. The van der Waals surface area contributed by atoms with Crippen LogP contribution in [0.2, 0.25) is 0 Å². The number of benzene rings is 2. The molecule has 0 atom stereocenters. The molecule has 2 aromatic carbocycles. The molecule has 1 heterocycles. The number of rotatable bonds is 5. The number of piperidine rings is 1. The van der Waals surface area contributed by atoms with Gasteiger partial charge in [0.05, 0.1) is 12.7 Å². The van der Waals surface area contributed by atoms with E-state index in [-0.39, 0.29) is 12.2 Å². The summed E-state index contributed by atoms with van der Waals surface area (Å²) >= 11 is 0. The molecule has 3 rings (SSSR count). The molecular formula is C20H23NO3. The van der Waals surface area contributed by atoms with Crippen LogP contribution in [0.5, 0.6) is 0 Å². The fourth-order valence-electron chi connectivity index (χ4n) is 2.80.